The number of imidazole rings is 1. The van der Waals surface area contributed by atoms with E-state index in [0.29, 0.717) is 23.9 Å². The molecule has 3 aromatic rings. The van der Waals surface area contributed by atoms with Crippen LogP contribution in [0.4, 0.5) is 0 Å². The van der Waals surface area contributed by atoms with Gasteiger partial charge in [-0.15, -0.1) is 0 Å². The summed E-state index contributed by atoms with van der Waals surface area (Å²) in [6, 6.07) is 9.52. The summed E-state index contributed by atoms with van der Waals surface area (Å²) in [5.74, 6) is 1.91. The lowest BCUT2D eigenvalue weighted by Gasteiger charge is -2.32. The molecule has 2 aromatic heterocycles. The normalized spacial score (nSPS) is 20.7. The highest BCUT2D eigenvalue weighted by Gasteiger charge is 2.34. The van der Waals surface area contributed by atoms with Crippen molar-refractivity contribution in [2.45, 2.75) is 56.9 Å². The lowest BCUT2D eigenvalue weighted by molar-refractivity contribution is 0.245. The Morgan fingerprint density at radius 3 is 2.73 bits per heavy atom. The maximum absolute atomic E-state index is 13.4. The van der Waals surface area contributed by atoms with Crippen molar-refractivity contribution in [3.8, 4) is 0 Å². The standard InChI is InChI=1S/C23H28N4O2S/c1-16-7-10-21(17(2)13-16)30(28,29)26-12-4-5-18(14-26)15-27-22(19-8-9-19)25-20-6-3-11-24-23(20)27/h3,6-7,10-11,13,18-19H,4-5,8-9,12,14-15H2,1-2H3. The zero-order chi connectivity index (χ0) is 20.9. The van der Waals surface area contributed by atoms with Gasteiger partial charge in [-0.1, -0.05) is 17.7 Å². The third-order valence-corrected chi connectivity index (χ3v) is 8.37. The van der Waals surface area contributed by atoms with E-state index in [9.17, 15) is 8.42 Å². The quantitative estimate of drug-likeness (QED) is 0.620. The van der Waals surface area contributed by atoms with Gasteiger partial charge in [0.05, 0.1) is 4.90 Å². The van der Waals surface area contributed by atoms with E-state index >= 15 is 0 Å². The van der Waals surface area contributed by atoms with E-state index < -0.39 is 10.0 Å². The molecule has 1 aromatic carbocycles. The summed E-state index contributed by atoms with van der Waals surface area (Å²) in [6.07, 6.45) is 6.08. The second kappa shape index (κ2) is 7.46. The molecule has 0 radical (unpaired) electrons. The Morgan fingerprint density at radius 2 is 1.97 bits per heavy atom. The first-order valence-electron chi connectivity index (χ1n) is 10.8. The van der Waals surface area contributed by atoms with Gasteiger partial charge in [0.2, 0.25) is 10.0 Å². The summed E-state index contributed by atoms with van der Waals surface area (Å²) in [7, 11) is -3.49. The summed E-state index contributed by atoms with van der Waals surface area (Å²) in [6.45, 7) is 5.78. The van der Waals surface area contributed by atoms with E-state index in [-0.39, 0.29) is 5.92 Å². The molecule has 0 amide bonds. The molecule has 1 aliphatic carbocycles. The number of hydrogen-bond acceptors (Lipinski definition) is 4. The van der Waals surface area contributed by atoms with Crippen LogP contribution in [-0.4, -0.2) is 40.3 Å². The fourth-order valence-electron chi connectivity index (χ4n) is 4.69. The van der Waals surface area contributed by atoms with Crippen molar-refractivity contribution in [2.24, 2.45) is 5.92 Å². The van der Waals surface area contributed by atoms with Gasteiger partial charge in [0, 0.05) is 31.7 Å². The molecule has 1 saturated heterocycles. The fraction of sp³-hybridized carbons (Fsp3) is 0.478. The zero-order valence-corrected chi connectivity index (χ0v) is 18.4. The van der Waals surface area contributed by atoms with Gasteiger partial charge in [0.15, 0.2) is 5.65 Å². The number of sulfonamides is 1. The monoisotopic (exact) mass is 424 g/mol. The maximum Gasteiger partial charge on any atom is 0.243 e. The highest BCUT2D eigenvalue weighted by molar-refractivity contribution is 7.89. The lowest BCUT2D eigenvalue weighted by Crippen LogP contribution is -2.41. The molecule has 2 aliphatic rings. The minimum atomic E-state index is -3.49. The molecule has 0 bridgehead atoms. The maximum atomic E-state index is 13.4. The molecule has 6 nitrogen and oxygen atoms in total. The molecule has 1 aliphatic heterocycles. The average molecular weight is 425 g/mol. The first-order valence-corrected chi connectivity index (χ1v) is 12.3. The van der Waals surface area contributed by atoms with Crippen LogP contribution in [0.5, 0.6) is 0 Å². The van der Waals surface area contributed by atoms with Crippen LogP contribution >= 0.6 is 0 Å². The third-order valence-electron chi connectivity index (χ3n) is 6.35. The van der Waals surface area contributed by atoms with Gasteiger partial charge in [-0.05, 0) is 69.2 Å². The largest absolute Gasteiger partial charge is 0.312 e. The Kier molecular flexibility index (Phi) is 4.90. The van der Waals surface area contributed by atoms with Crippen LogP contribution in [-0.2, 0) is 16.6 Å². The summed E-state index contributed by atoms with van der Waals surface area (Å²) >= 11 is 0. The van der Waals surface area contributed by atoms with Gasteiger partial charge in [-0.3, -0.25) is 0 Å². The molecule has 1 atom stereocenters. The summed E-state index contributed by atoms with van der Waals surface area (Å²) in [4.78, 5) is 9.86. The van der Waals surface area contributed by atoms with Crippen LogP contribution < -0.4 is 0 Å². The molecule has 30 heavy (non-hydrogen) atoms. The molecule has 5 rings (SSSR count). The molecule has 2 fully saturated rings. The molecule has 7 heteroatoms. The molecule has 158 valence electrons. The van der Waals surface area contributed by atoms with Gasteiger partial charge in [0.1, 0.15) is 11.3 Å². The van der Waals surface area contributed by atoms with Gasteiger partial charge in [0.25, 0.3) is 0 Å². The molecule has 1 unspecified atom stereocenters. The number of hydrogen-bond donors (Lipinski definition) is 0. The molecular formula is C23H28N4O2S. The van der Waals surface area contributed by atoms with E-state index in [2.05, 4.69) is 9.55 Å². The number of pyridine rings is 1. The number of aryl methyl sites for hydroxylation is 2. The first-order chi connectivity index (χ1) is 14.4. The van der Waals surface area contributed by atoms with Gasteiger partial charge < -0.3 is 4.57 Å². The molecular weight excluding hydrogens is 396 g/mol. The van der Waals surface area contributed by atoms with Crippen molar-refractivity contribution in [2.75, 3.05) is 13.1 Å². The topological polar surface area (TPSA) is 68.1 Å². The highest BCUT2D eigenvalue weighted by Crippen LogP contribution is 2.41. The second-order valence-electron chi connectivity index (χ2n) is 8.84. The second-order valence-corrected chi connectivity index (χ2v) is 10.7. The van der Waals surface area contributed by atoms with Gasteiger partial charge in [-0.25, -0.2) is 18.4 Å². The van der Waals surface area contributed by atoms with Crippen LogP contribution in [0, 0.1) is 19.8 Å². The zero-order valence-electron chi connectivity index (χ0n) is 17.6. The van der Waals surface area contributed by atoms with E-state index in [1.807, 2.05) is 44.3 Å². The lowest BCUT2D eigenvalue weighted by atomic mass is 9.99. The van der Waals surface area contributed by atoms with Crippen molar-refractivity contribution >= 4 is 21.2 Å². The van der Waals surface area contributed by atoms with Crippen molar-refractivity contribution in [3.05, 3.63) is 53.5 Å². The SMILES string of the molecule is Cc1ccc(S(=O)(=O)N2CCCC(Cn3c(C4CC4)nc4cccnc43)C2)c(C)c1. The summed E-state index contributed by atoms with van der Waals surface area (Å²) in [5, 5.41) is 0. The van der Waals surface area contributed by atoms with Crippen LogP contribution in [0.25, 0.3) is 11.2 Å². The third kappa shape index (κ3) is 3.54. The summed E-state index contributed by atoms with van der Waals surface area (Å²) < 4.78 is 30.7. The number of piperidine rings is 1. The minimum absolute atomic E-state index is 0.260. The van der Waals surface area contributed by atoms with Crippen molar-refractivity contribution in [1.29, 1.82) is 0 Å². The Labute approximate surface area is 178 Å². The number of fused-ring (bicyclic) bond motifs is 1. The van der Waals surface area contributed by atoms with Crippen LogP contribution in [0.2, 0.25) is 0 Å². The molecule has 3 heterocycles. The van der Waals surface area contributed by atoms with E-state index in [4.69, 9.17) is 4.98 Å². The Hall–Kier alpha value is -2.25. The molecule has 0 N–H and O–H groups in total. The van der Waals surface area contributed by atoms with E-state index in [1.165, 1.54) is 12.8 Å². The predicted octanol–water partition coefficient (Wildman–Crippen LogP) is 4.03. The Balaban J connectivity index is 1.41. The van der Waals surface area contributed by atoms with Crippen molar-refractivity contribution in [1.82, 2.24) is 18.8 Å². The van der Waals surface area contributed by atoms with Crippen LogP contribution in [0.3, 0.4) is 0 Å². The number of benzene rings is 1. The molecule has 0 spiro atoms. The average Bonchev–Trinajstić information content (AvgIpc) is 3.51. The Morgan fingerprint density at radius 1 is 1.13 bits per heavy atom. The van der Waals surface area contributed by atoms with Crippen LogP contribution in [0.15, 0.2) is 41.4 Å². The van der Waals surface area contributed by atoms with E-state index in [1.54, 1.807) is 10.4 Å². The summed E-state index contributed by atoms with van der Waals surface area (Å²) in [5.41, 5.74) is 3.76. The number of nitrogens with zero attached hydrogens (tertiary/aromatic N) is 4. The van der Waals surface area contributed by atoms with E-state index in [0.717, 1.165) is 47.5 Å². The number of rotatable bonds is 5. The smallest absolute Gasteiger partial charge is 0.243 e. The highest BCUT2D eigenvalue weighted by atomic mass is 32.2. The van der Waals surface area contributed by atoms with Crippen molar-refractivity contribution < 1.29 is 8.42 Å². The number of aromatic nitrogens is 3. The van der Waals surface area contributed by atoms with Crippen molar-refractivity contribution in [3.63, 3.8) is 0 Å². The van der Waals surface area contributed by atoms with Gasteiger partial charge in [-0.2, -0.15) is 4.31 Å². The molecule has 1 saturated carbocycles. The van der Waals surface area contributed by atoms with Gasteiger partial charge >= 0.3 is 0 Å². The van der Waals surface area contributed by atoms with Crippen LogP contribution in [0.1, 0.15) is 48.6 Å². The fourth-order valence-corrected chi connectivity index (χ4v) is 6.45. The minimum Gasteiger partial charge on any atom is -0.312 e. The predicted molar refractivity (Wildman–Crippen MR) is 117 cm³/mol. The Bertz CT molecular complexity index is 1200. The first kappa shape index (κ1) is 19.7.